The van der Waals surface area contributed by atoms with Gasteiger partial charge in [0.05, 0.1) is 6.61 Å². The van der Waals surface area contributed by atoms with Crippen molar-refractivity contribution in [2.75, 3.05) is 19.0 Å². The van der Waals surface area contributed by atoms with Crippen LogP contribution >= 0.6 is 0 Å². The van der Waals surface area contributed by atoms with Gasteiger partial charge in [-0.3, -0.25) is 14.1 Å². The number of aliphatic hydroxyl groups is 3. The molecule has 1 fully saturated rings. The van der Waals surface area contributed by atoms with E-state index in [0.717, 1.165) is 64.2 Å². The molecule has 2 unspecified atom stereocenters. The average molecular weight is 855 g/mol. The van der Waals surface area contributed by atoms with Crippen molar-refractivity contribution in [2.24, 2.45) is 0 Å². The Morgan fingerprint density at radius 1 is 0.576 bits per heavy atom. The molecule has 13 heteroatoms. The van der Waals surface area contributed by atoms with E-state index in [1.807, 2.05) is 6.08 Å². The summed E-state index contributed by atoms with van der Waals surface area (Å²) >= 11 is 0. The van der Waals surface area contributed by atoms with Crippen molar-refractivity contribution < 1.29 is 56.8 Å². The summed E-state index contributed by atoms with van der Waals surface area (Å²) in [6, 6.07) is 0. The highest BCUT2D eigenvalue weighted by Gasteiger charge is 2.46. The van der Waals surface area contributed by atoms with Gasteiger partial charge in [0, 0.05) is 12.8 Å². The molecule has 0 aromatic rings. The van der Waals surface area contributed by atoms with Gasteiger partial charge in [0.1, 0.15) is 36.8 Å². The zero-order valence-electron chi connectivity index (χ0n) is 36.1. The molecule has 0 radical (unpaired) electrons. The van der Waals surface area contributed by atoms with Gasteiger partial charge in [0.25, 0.3) is 10.1 Å². The van der Waals surface area contributed by atoms with E-state index in [2.05, 4.69) is 68.5 Å². The summed E-state index contributed by atoms with van der Waals surface area (Å²) in [5.41, 5.74) is 0. The van der Waals surface area contributed by atoms with Gasteiger partial charge in [-0.15, -0.1) is 0 Å². The topological polar surface area (TPSA) is 186 Å². The molecule has 0 aromatic carbocycles. The molecule has 1 heterocycles. The first-order valence-electron chi connectivity index (χ1n) is 22.3. The first-order chi connectivity index (χ1) is 28.5. The second kappa shape index (κ2) is 36.0. The van der Waals surface area contributed by atoms with Gasteiger partial charge in [-0.05, 0) is 70.6 Å². The molecule has 12 nitrogen and oxygen atoms in total. The summed E-state index contributed by atoms with van der Waals surface area (Å²) in [7, 11) is -4.61. The van der Waals surface area contributed by atoms with Crippen molar-refractivity contribution in [1.82, 2.24) is 0 Å². The van der Waals surface area contributed by atoms with Crippen LogP contribution in [0, 0.1) is 0 Å². The summed E-state index contributed by atoms with van der Waals surface area (Å²) in [5, 5.41) is 30.8. The second-order valence-electron chi connectivity index (χ2n) is 15.4. The maximum Gasteiger partial charge on any atom is 0.306 e. The molecule has 1 rings (SSSR count). The lowest BCUT2D eigenvalue weighted by Crippen LogP contribution is -2.60. The van der Waals surface area contributed by atoms with Crippen molar-refractivity contribution >= 4 is 22.1 Å². The average Bonchev–Trinajstić information content (AvgIpc) is 3.20. The first kappa shape index (κ1) is 54.4. The lowest BCUT2D eigenvalue weighted by molar-refractivity contribution is -0.297. The van der Waals surface area contributed by atoms with Gasteiger partial charge >= 0.3 is 11.9 Å². The van der Waals surface area contributed by atoms with E-state index in [1.165, 1.54) is 51.4 Å². The highest BCUT2D eigenvalue weighted by Crippen LogP contribution is 2.24. The van der Waals surface area contributed by atoms with Crippen LogP contribution in [-0.4, -0.2) is 96.0 Å². The van der Waals surface area contributed by atoms with Crippen LogP contribution in [0.4, 0.5) is 0 Å². The molecular weight excluding hydrogens is 777 g/mol. The van der Waals surface area contributed by atoms with E-state index in [1.54, 1.807) is 0 Å². The van der Waals surface area contributed by atoms with Crippen LogP contribution in [0.1, 0.15) is 162 Å². The van der Waals surface area contributed by atoms with Gasteiger partial charge < -0.3 is 34.3 Å². The van der Waals surface area contributed by atoms with E-state index in [4.69, 9.17) is 18.9 Å². The number of aliphatic hydroxyl groups excluding tert-OH is 3. The fourth-order valence-electron chi connectivity index (χ4n) is 6.30. The molecule has 0 aromatic heterocycles. The molecule has 0 spiro atoms. The van der Waals surface area contributed by atoms with Gasteiger partial charge in [-0.25, -0.2) is 0 Å². The number of hydrogen-bond donors (Lipinski definition) is 4. The third kappa shape index (κ3) is 30.9. The molecule has 1 saturated heterocycles. The highest BCUT2D eigenvalue weighted by molar-refractivity contribution is 7.85. The normalized spacial score (nSPS) is 20.8. The van der Waals surface area contributed by atoms with Crippen LogP contribution in [0.25, 0.3) is 0 Å². The molecule has 0 bridgehead atoms. The Hall–Kier alpha value is -2.65. The minimum absolute atomic E-state index is 0.135. The number of hydrogen-bond acceptors (Lipinski definition) is 11. The Morgan fingerprint density at radius 2 is 1.05 bits per heavy atom. The zero-order chi connectivity index (χ0) is 43.4. The van der Waals surface area contributed by atoms with E-state index in [9.17, 15) is 37.9 Å². The summed E-state index contributed by atoms with van der Waals surface area (Å²) < 4.78 is 53.9. The summed E-state index contributed by atoms with van der Waals surface area (Å²) in [6.45, 7) is 3.64. The van der Waals surface area contributed by atoms with Crippen LogP contribution in [-0.2, 0) is 38.7 Å². The predicted octanol–water partition coefficient (Wildman–Crippen LogP) is 8.95. The van der Waals surface area contributed by atoms with Crippen molar-refractivity contribution in [3.8, 4) is 0 Å². The van der Waals surface area contributed by atoms with Crippen LogP contribution in [0.3, 0.4) is 0 Å². The molecule has 59 heavy (non-hydrogen) atoms. The number of rotatable bonds is 36. The molecule has 340 valence electrons. The summed E-state index contributed by atoms with van der Waals surface area (Å²) in [4.78, 5) is 25.4. The number of carbonyl (C=O) groups is 2. The fraction of sp³-hybridized carbons (Fsp3) is 0.739. The van der Waals surface area contributed by atoms with Crippen LogP contribution in [0.15, 0.2) is 60.8 Å². The number of allylic oxidation sites excluding steroid dienone is 10. The first-order valence-corrected chi connectivity index (χ1v) is 24.0. The van der Waals surface area contributed by atoms with Crippen molar-refractivity contribution in [3.05, 3.63) is 60.8 Å². The maximum atomic E-state index is 12.8. The lowest BCUT2D eigenvalue weighted by Gasteiger charge is -2.40. The van der Waals surface area contributed by atoms with Crippen molar-refractivity contribution in [2.45, 2.75) is 198 Å². The molecule has 0 saturated carbocycles. The molecular formula is C46H78O12S. The van der Waals surface area contributed by atoms with Crippen LogP contribution in [0.5, 0.6) is 0 Å². The molecule has 0 aliphatic carbocycles. The Morgan fingerprint density at radius 3 is 1.61 bits per heavy atom. The Kier molecular flexibility index (Phi) is 33.2. The quantitative estimate of drug-likeness (QED) is 0.0203. The number of ether oxygens (including phenoxy) is 4. The van der Waals surface area contributed by atoms with E-state index >= 15 is 0 Å². The van der Waals surface area contributed by atoms with Gasteiger partial charge in [0.2, 0.25) is 0 Å². The SMILES string of the molecule is CCCC/C=C/C/C=C/CCCCCCCC(=O)O[C@H](COC(=O)CCC/C=C/C/C=C/C/C=C/CCCCCCCC)CO[C@H]1O[C@H](CS(=O)(=O)O)[C@@H](O)C(O)C1O. The fourth-order valence-corrected chi connectivity index (χ4v) is 6.99. The molecule has 6 atom stereocenters. The highest BCUT2D eigenvalue weighted by atomic mass is 32.2. The van der Waals surface area contributed by atoms with Crippen molar-refractivity contribution in [3.63, 3.8) is 0 Å². The van der Waals surface area contributed by atoms with Crippen LogP contribution < -0.4 is 0 Å². The monoisotopic (exact) mass is 855 g/mol. The summed E-state index contributed by atoms with van der Waals surface area (Å²) in [5.74, 6) is -2.08. The lowest BCUT2D eigenvalue weighted by atomic mass is 10.00. The number of esters is 2. The Labute approximate surface area is 355 Å². The Bertz CT molecular complexity index is 1320. The molecule has 1 aliphatic heterocycles. The molecule has 1 aliphatic rings. The minimum atomic E-state index is -4.61. The second-order valence-corrected chi connectivity index (χ2v) is 16.9. The molecule has 4 N–H and O–H groups in total. The predicted molar refractivity (Wildman–Crippen MR) is 233 cm³/mol. The largest absolute Gasteiger partial charge is 0.462 e. The number of unbranched alkanes of at least 4 members (excludes halogenated alkanes) is 14. The molecule has 0 amide bonds. The van der Waals surface area contributed by atoms with E-state index in [0.29, 0.717) is 19.3 Å². The minimum Gasteiger partial charge on any atom is -0.462 e. The summed E-state index contributed by atoms with van der Waals surface area (Å²) in [6.07, 6.45) is 34.1. The third-order valence-corrected chi connectivity index (χ3v) is 10.6. The maximum absolute atomic E-state index is 12.8. The van der Waals surface area contributed by atoms with Gasteiger partial charge in [-0.1, -0.05) is 139 Å². The standard InChI is InChI=1S/C46H78O12S/c1-3-5-7-9-11-13-15-17-19-20-21-23-24-26-28-30-32-34-41(47)55-36-39(37-56-46-45(51)44(50)43(49)40(58-46)38-59(52,53)54)57-42(48)35-33-31-29-27-25-22-18-16-14-12-10-8-6-4-2/h10,12,16-19,21,23,26,28,39-40,43-46,49-51H,3-9,11,13-15,20,22,24-25,27,29-38H2,1-2H3,(H,52,53,54)/b12-10+,18-16+,19-17+,23-21+,28-26+/t39-,40-,43-,44?,45?,46+/m1/s1. The van der Waals surface area contributed by atoms with Crippen molar-refractivity contribution in [1.29, 1.82) is 0 Å². The van der Waals surface area contributed by atoms with E-state index in [-0.39, 0.29) is 19.4 Å². The Balaban J connectivity index is 2.51. The number of carbonyl (C=O) groups excluding carboxylic acids is 2. The smallest absolute Gasteiger partial charge is 0.306 e. The van der Waals surface area contributed by atoms with Gasteiger partial charge in [0.15, 0.2) is 12.4 Å². The van der Waals surface area contributed by atoms with E-state index < -0.39 is 71.2 Å². The van der Waals surface area contributed by atoms with Gasteiger partial charge in [-0.2, -0.15) is 8.42 Å². The zero-order valence-corrected chi connectivity index (χ0v) is 36.9. The third-order valence-electron chi connectivity index (χ3n) is 9.82. The van der Waals surface area contributed by atoms with Crippen LogP contribution in [0.2, 0.25) is 0 Å².